The topological polar surface area (TPSA) is 66.6 Å². The smallest absolute Gasteiger partial charge is 0.407 e. The van der Waals surface area contributed by atoms with E-state index in [4.69, 9.17) is 10.8 Å². The van der Waals surface area contributed by atoms with Gasteiger partial charge in [0.25, 0.3) is 5.92 Å². The van der Waals surface area contributed by atoms with Crippen molar-refractivity contribution in [3.05, 3.63) is 35.1 Å². The molecule has 4 nitrogen and oxygen atoms in total. The number of piperidine rings is 1. The first-order valence-corrected chi connectivity index (χ1v) is 8.12. The van der Waals surface area contributed by atoms with Crippen LogP contribution < -0.4 is 5.73 Å². The number of likely N-dealkylation sites (tertiary alicyclic amines) is 1. The Morgan fingerprint density at radius 3 is 2.58 bits per heavy atom. The Bertz CT molecular complexity index is 585. The third kappa shape index (κ3) is 4.20. The van der Waals surface area contributed by atoms with Gasteiger partial charge in [0, 0.05) is 31.1 Å². The van der Waals surface area contributed by atoms with E-state index in [1.54, 1.807) is 6.92 Å². The number of carboxylic acid groups (broad SMARTS) is 1. The fourth-order valence-electron chi connectivity index (χ4n) is 3.12. The normalized spacial score (nSPS) is 17.8. The summed E-state index contributed by atoms with van der Waals surface area (Å²) in [7, 11) is 0. The van der Waals surface area contributed by atoms with Gasteiger partial charge in [0.2, 0.25) is 0 Å². The fraction of sp³-hybridized carbons (Fsp3) is 0.588. The van der Waals surface area contributed by atoms with Gasteiger partial charge in [-0.3, -0.25) is 0 Å². The minimum Gasteiger partial charge on any atom is -0.465 e. The minimum absolute atomic E-state index is 0.0335. The van der Waals surface area contributed by atoms with E-state index in [1.807, 2.05) is 0 Å². The second kappa shape index (κ2) is 7.42. The molecule has 1 amide bonds. The van der Waals surface area contributed by atoms with E-state index in [0.29, 0.717) is 25.9 Å². The molecule has 1 fully saturated rings. The summed E-state index contributed by atoms with van der Waals surface area (Å²) in [5, 5.41) is 8.89. The highest BCUT2D eigenvalue weighted by molar-refractivity contribution is 5.64. The van der Waals surface area contributed by atoms with E-state index in [-0.39, 0.29) is 17.9 Å². The second-order valence-electron chi connectivity index (χ2n) is 6.45. The van der Waals surface area contributed by atoms with E-state index in [1.165, 1.54) is 17.0 Å². The van der Waals surface area contributed by atoms with Gasteiger partial charge in [0.15, 0.2) is 0 Å². The van der Waals surface area contributed by atoms with Gasteiger partial charge in [-0.15, -0.1) is 0 Å². The Kier molecular flexibility index (Phi) is 5.74. The molecule has 0 aliphatic carbocycles. The third-order valence-corrected chi connectivity index (χ3v) is 4.66. The van der Waals surface area contributed by atoms with Crippen LogP contribution in [0.3, 0.4) is 0 Å². The highest BCUT2D eigenvalue weighted by atomic mass is 19.3. The quantitative estimate of drug-likeness (QED) is 0.845. The van der Waals surface area contributed by atoms with Gasteiger partial charge in [0.05, 0.1) is 5.56 Å². The Labute approximate surface area is 139 Å². The van der Waals surface area contributed by atoms with Crippen LogP contribution in [0, 0.1) is 11.7 Å². The zero-order valence-corrected chi connectivity index (χ0v) is 13.6. The maximum Gasteiger partial charge on any atom is 0.407 e. The van der Waals surface area contributed by atoms with Crippen LogP contribution in [-0.2, 0) is 5.92 Å². The maximum absolute atomic E-state index is 14.4. The molecular weight excluding hydrogens is 321 g/mol. The number of amides is 1. The molecule has 24 heavy (non-hydrogen) atoms. The molecule has 1 aliphatic heterocycles. The molecule has 0 saturated carbocycles. The maximum atomic E-state index is 14.4. The van der Waals surface area contributed by atoms with E-state index in [2.05, 4.69) is 0 Å². The first kappa shape index (κ1) is 18.6. The number of carbonyl (C=O) groups is 1. The molecule has 1 heterocycles. The van der Waals surface area contributed by atoms with Crippen molar-refractivity contribution in [1.29, 1.82) is 0 Å². The molecular formula is C17H23F3N2O2. The minimum atomic E-state index is -3.26. The number of hydrogen-bond donors (Lipinski definition) is 2. The highest BCUT2D eigenvalue weighted by Gasteiger charge is 2.36. The van der Waals surface area contributed by atoms with Crippen molar-refractivity contribution in [2.24, 2.45) is 11.7 Å². The third-order valence-electron chi connectivity index (χ3n) is 4.66. The van der Waals surface area contributed by atoms with Crippen molar-refractivity contribution >= 4 is 6.09 Å². The molecule has 0 bridgehead atoms. The number of alkyl halides is 2. The van der Waals surface area contributed by atoms with Crippen molar-refractivity contribution in [2.75, 3.05) is 13.1 Å². The molecule has 134 valence electrons. The standard InChI is InChI=1S/C17H23F3N2O2/c1-11(21)13-3-2-4-14(15(13)18)17(19,20)8-5-12-6-9-22(10-7-12)16(23)24/h2-4,11-12H,5-10,21H2,1H3,(H,23,24). The highest BCUT2D eigenvalue weighted by Crippen LogP contribution is 2.38. The summed E-state index contributed by atoms with van der Waals surface area (Å²) in [4.78, 5) is 12.1. The molecule has 0 radical (unpaired) electrons. The average molecular weight is 344 g/mol. The lowest BCUT2D eigenvalue weighted by atomic mass is 9.89. The summed E-state index contributed by atoms with van der Waals surface area (Å²) in [6.07, 6.45) is -0.0736. The molecule has 3 N–H and O–H groups in total. The van der Waals surface area contributed by atoms with Crippen LogP contribution in [0.5, 0.6) is 0 Å². The molecule has 1 saturated heterocycles. The Balaban J connectivity index is 2.00. The molecule has 1 atom stereocenters. The van der Waals surface area contributed by atoms with Gasteiger partial charge in [-0.2, -0.15) is 0 Å². The van der Waals surface area contributed by atoms with Crippen molar-refractivity contribution in [2.45, 2.75) is 44.6 Å². The zero-order chi connectivity index (χ0) is 17.9. The van der Waals surface area contributed by atoms with Crippen LogP contribution in [0.25, 0.3) is 0 Å². The summed E-state index contributed by atoms with van der Waals surface area (Å²) >= 11 is 0. The molecule has 2 rings (SSSR count). The number of halogens is 3. The Morgan fingerprint density at radius 1 is 1.42 bits per heavy atom. The van der Waals surface area contributed by atoms with Crippen LogP contribution in [0.4, 0.5) is 18.0 Å². The molecule has 1 unspecified atom stereocenters. The molecule has 1 aromatic rings. The van der Waals surface area contributed by atoms with Gasteiger partial charge in [-0.25, -0.2) is 18.0 Å². The number of benzene rings is 1. The monoisotopic (exact) mass is 344 g/mol. The van der Waals surface area contributed by atoms with Gasteiger partial charge in [-0.05, 0) is 32.1 Å². The van der Waals surface area contributed by atoms with E-state index < -0.39 is 35.9 Å². The van der Waals surface area contributed by atoms with E-state index in [9.17, 15) is 18.0 Å². The number of nitrogens with zero attached hydrogens (tertiary/aromatic N) is 1. The van der Waals surface area contributed by atoms with Crippen LogP contribution in [0.15, 0.2) is 18.2 Å². The summed E-state index contributed by atoms with van der Waals surface area (Å²) < 4.78 is 43.2. The lowest BCUT2D eigenvalue weighted by Crippen LogP contribution is -2.37. The second-order valence-corrected chi connectivity index (χ2v) is 6.45. The van der Waals surface area contributed by atoms with Crippen molar-refractivity contribution in [1.82, 2.24) is 4.90 Å². The largest absolute Gasteiger partial charge is 0.465 e. The van der Waals surface area contributed by atoms with Gasteiger partial charge < -0.3 is 15.7 Å². The van der Waals surface area contributed by atoms with Crippen LogP contribution in [0.2, 0.25) is 0 Å². The summed E-state index contributed by atoms with van der Waals surface area (Å²) in [6, 6.07) is 3.27. The van der Waals surface area contributed by atoms with Gasteiger partial charge in [0.1, 0.15) is 5.82 Å². The molecule has 1 aliphatic rings. The summed E-state index contributed by atoms with van der Waals surface area (Å²) in [5.41, 5.74) is 5.09. The lowest BCUT2D eigenvalue weighted by Gasteiger charge is -2.31. The first-order chi connectivity index (χ1) is 11.2. The Morgan fingerprint density at radius 2 is 2.04 bits per heavy atom. The van der Waals surface area contributed by atoms with E-state index in [0.717, 1.165) is 6.07 Å². The average Bonchev–Trinajstić information content (AvgIpc) is 2.53. The van der Waals surface area contributed by atoms with Crippen LogP contribution >= 0.6 is 0 Å². The number of rotatable bonds is 5. The van der Waals surface area contributed by atoms with Crippen molar-refractivity contribution < 1.29 is 23.1 Å². The lowest BCUT2D eigenvalue weighted by molar-refractivity contribution is -0.0248. The van der Waals surface area contributed by atoms with Crippen molar-refractivity contribution in [3.63, 3.8) is 0 Å². The zero-order valence-electron chi connectivity index (χ0n) is 13.6. The number of hydrogen-bond acceptors (Lipinski definition) is 2. The molecule has 7 heteroatoms. The van der Waals surface area contributed by atoms with Crippen LogP contribution in [0.1, 0.15) is 49.8 Å². The van der Waals surface area contributed by atoms with Gasteiger partial charge >= 0.3 is 6.09 Å². The van der Waals surface area contributed by atoms with Crippen molar-refractivity contribution in [3.8, 4) is 0 Å². The van der Waals surface area contributed by atoms with E-state index >= 15 is 0 Å². The summed E-state index contributed by atoms with van der Waals surface area (Å²) in [5.74, 6) is -4.16. The van der Waals surface area contributed by atoms with Gasteiger partial charge in [-0.1, -0.05) is 18.2 Å². The molecule has 0 aromatic heterocycles. The fourth-order valence-corrected chi connectivity index (χ4v) is 3.12. The SMILES string of the molecule is CC(N)c1cccc(C(F)(F)CCC2CCN(C(=O)O)CC2)c1F. The molecule has 0 spiro atoms. The first-order valence-electron chi connectivity index (χ1n) is 8.12. The number of nitrogens with two attached hydrogens (primary N) is 1. The predicted molar refractivity (Wildman–Crippen MR) is 84.5 cm³/mol. The Hall–Kier alpha value is -1.76. The van der Waals surface area contributed by atoms with Crippen LogP contribution in [-0.4, -0.2) is 29.2 Å². The predicted octanol–water partition coefficient (Wildman–Crippen LogP) is 4.11. The summed E-state index contributed by atoms with van der Waals surface area (Å²) in [6.45, 7) is 2.27. The molecule has 1 aromatic carbocycles.